The lowest BCUT2D eigenvalue weighted by Crippen LogP contribution is -2.61. The van der Waals surface area contributed by atoms with Crippen molar-refractivity contribution in [3.05, 3.63) is 71.8 Å². The molecule has 1 heteroatoms. The van der Waals surface area contributed by atoms with Gasteiger partial charge in [0.1, 0.15) is 0 Å². The van der Waals surface area contributed by atoms with Crippen molar-refractivity contribution in [3.63, 3.8) is 0 Å². The second-order valence-corrected chi connectivity index (χ2v) is 8.30. The largest absolute Gasteiger partial charge is 0.393 e. The lowest BCUT2D eigenvalue weighted by atomic mass is 9.41. The summed E-state index contributed by atoms with van der Waals surface area (Å²) < 4.78 is 0. The molecule has 4 aliphatic rings. The highest BCUT2D eigenvalue weighted by Crippen LogP contribution is 2.66. The summed E-state index contributed by atoms with van der Waals surface area (Å²) in [5.74, 6) is 0.938. The van der Waals surface area contributed by atoms with Crippen LogP contribution in [0.25, 0.3) is 0 Å². The van der Waals surface area contributed by atoms with Crippen molar-refractivity contribution >= 4 is 0 Å². The van der Waals surface area contributed by atoms with Crippen molar-refractivity contribution in [1.82, 2.24) is 0 Å². The van der Waals surface area contributed by atoms with E-state index in [1.54, 1.807) is 0 Å². The zero-order valence-electron chi connectivity index (χ0n) is 13.5. The van der Waals surface area contributed by atoms with Crippen molar-refractivity contribution in [3.8, 4) is 0 Å². The zero-order valence-corrected chi connectivity index (χ0v) is 13.5. The van der Waals surface area contributed by atoms with Crippen LogP contribution >= 0.6 is 0 Å². The van der Waals surface area contributed by atoms with E-state index in [-0.39, 0.29) is 16.9 Å². The van der Waals surface area contributed by atoms with Crippen LogP contribution in [0.2, 0.25) is 0 Å². The van der Waals surface area contributed by atoms with Crippen LogP contribution in [0.5, 0.6) is 0 Å². The predicted octanol–water partition coefficient (Wildman–Crippen LogP) is 4.45. The summed E-state index contributed by atoms with van der Waals surface area (Å²) in [5.41, 5.74) is 3.56. The SMILES string of the molecule is OC1C2CC3(c4ccccc4)CC1CC(c1ccccc1)(C2)C3. The molecule has 23 heavy (non-hydrogen) atoms. The van der Waals surface area contributed by atoms with Crippen molar-refractivity contribution in [2.75, 3.05) is 0 Å². The third kappa shape index (κ3) is 1.89. The van der Waals surface area contributed by atoms with E-state index >= 15 is 0 Å². The molecule has 0 radical (unpaired) electrons. The highest BCUT2D eigenvalue weighted by molar-refractivity contribution is 5.37. The highest BCUT2D eigenvalue weighted by atomic mass is 16.3. The van der Waals surface area contributed by atoms with Gasteiger partial charge in [-0.05, 0) is 65.9 Å². The lowest BCUT2D eigenvalue weighted by Gasteiger charge is -2.64. The first-order chi connectivity index (χ1) is 11.2. The Hall–Kier alpha value is -1.60. The summed E-state index contributed by atoms with van der Waals surface area (Å²) in [6, 6.07) is 22.2. The third-order valence-electron chi connectivity index (χ3n) is 7.03. The topological polar surface area (TPSA) is 20.2 Å². The van der Waals surface area contributed by atoms with Gasteiger partial charge in [0.15, 0.2) is 0 Å². The van der Waals surface area contributed by atoms with E-state index in [0.717, 1.165) is 0 Å². The second-order valence-electron chi connectivity index (χ2n) is 8.30. The summed E-state index contributed by atoms with van der Waals surface area (Å²) in [6.45, 7) is 0. The zero-order chi connectivity index (χ0) is 15.5. The van der Waals surface area contributed by atoms with Crippen LogP contribution in [0, 0.1) is 11.8 Å². The maximum Gasteiger partial charge on any atom is 0.0597 e. The van der Waals surface area contributed by atoms with Gasteiger partial charge in [-0.1, -0.05) is 60.7 Å². The quantitative estimate of drug-likeness (QED) is 0.869. The standard InChI is InChI=1S/C22H24O/c23-20-16-11-21(18-7-3-1-4-8-18)12-17(20)14-22(13-16,15-21)19-9-5-2-6-10-19/h1-10,16-17,20,23H,11-15H2. The van der Waals surface area contributed by atoms with Crippen LogP contribution in [-0.2, 0) is 10.8 Å². The Morgan fingerprint density at radius 3 is 1.43 bits per heavy atom. The summed E-state index contributed by atoms with van der Waals surface area (Å²) >= 11 is 0. The minimum atomic E-state index is -0.0797. The van der Waals surface area contributed by atoms with Crippen LogP contribution in [-0.4, -0.2) is 11.2 Å². The van der Waals surface area contributed by atoms with Gasteiger partial charge in [0.05, 0.1) is 6.10 Å². The van der Waals surface area contributed by atoms with Gasteiger partial charge in [0, 0.05) is 0 Å². The molecule has 4 aliphatic carbocycles. The number of benzene rings is 2. The fraction of sp³-hybridized carbons (Fsp3) is 0.455. The average Bonchev–Trinajstić information content (AvgIpc) is 2.60. The number of hydrogen-bond acceptors (Lipinski definition) is 1. The van der Waals surface area contributed by atoms with Gasteiger partial charge < -0.3 is 5.11 Å². The minimum Gasteiger partial charge on any atom is -0.393 e. The van der Waals surface area contributed by atoms with Gasteiger partial charge in [0.25, 0.3) is 0 Å². The molecule has 0 amide bonds. The van der Waals surface area contributed by atoms with E-state index in [4.69, 9.17) is 0 Å². The fourth-order valence-corrected chi connectivity index (χ4v) is 6.38. The molecule has 2 aromatic rings. The predicted molar refractivity (Wildman–Crippen MR) is 92.3 cm³/mol. The minimum absolute atomic E-state index is 0.0797. The van der Waals surface area contributed by atoms with Crippen molar-refractivity contribution in [2.24, 2.45) is 11.8 Å². The van der Waals surface area contributed by atoms with E-state index in [0.29, 0.717) is 11.8 Å². The van der Waals surface area contributed by atoms with Gasteiger partial charge in [-0.2, -0.15) is 0 Å². The molecule has 0 spiro atoms. The lowest BCUT2D eigenvalue weighted by molar-refractivity contribution is -0.119. The van der Waals surface area contributed by atoms with Crippen molar-refractivity contribution in [1.29, 1.82) is 0 Å². The van der Waals surface area contributed by atoms with Crippen molar-refractivity contribution in [2.45, 2.75) is 49.0 Å². The van der Waals surface area contributed by atoms with Crippen LogP contribution in [0.4, 0.5) is 0 Å². The maximum absolute atomic E-state index is 10.7. The molecule has 0 saturated heterocycles. The van der Waals surface area contributed by atoms with E-state index in [9.17, 15) is 5.11 Å². The summed E-state index contributed by atoms with van der Waals surface area (Å²) in [4.78, 5) is 0. The molecule has 4 bridgehead atoms. The first-order valence-corrected chi connectivity index (χ1v) is 9.00. The molecule has 6 rings (SSSR count). The Balaban J connectivity index is 1.64. The Morgan fingerprint density at radius 1 is 0.652 bits per heavy atom. The van der Waals surface area contributed by atoms with E-state index in [1.807, 2.05) is 0 Å². The van der Waals surface area contributed by atoms with E-state index in [2.05, 4.69) is 60.7 Å². The molecule has 0 unspecified atom stereocenters. The smallest absolute Gasteiger partial charge is 0.0597 e. The summed E-state index contributed by atoms with van der Waals surface area (Å²) in [6.07, 6.45) is 5.86. The molecular weight excluding hydrogens is 280 g/mol. The van der Waals surface area contributed by atoms with Gasteiger partial charge in [-0.3, -0.25) is 0 Å². The highest BCUT2D eigenvalue weighted by Gasteiger charge is 2.61. The summed E-state index contributed by atoms with van der Waals surface area (Å²) in [7, 11) is 0. The van der Waals surface area contributed by atoms with E-state index < -0.39 is 0 Å². The fourth-order valence-electron chi connectivity index (χ4n) is 6.38. The number of hydrogen-bond donors (Lipinski definition) is 1. The molecule has 118 valence electrons. The Morgan fingerprint density at radius 2 is 1.04 bits per heavy atom. The Bertz CT molecular complexity index is 632. The van der Waals surface area contributed by atoms with Crippen LogP contribution in [0.3, 0.4) is 0 Å². The number of aliphatic hydroxyl groups is 1. The number of aliphatic hydroxyl groups excluding tert-OH is 1. The first-order valence-electron chi connectivity index (χ1n) is 9.00. The first kappa shape index (κ1) is 13.8. The van der Waals surface area contributed by atoms with Crippen LogP contribution < -0.4 is 0 Å². The van der Waals surface area contributed by atoms with Crippen LogP contribution in [0.1, 0.15) is 43.2 Å². The third-order valence-corrected chi connectivity index (χ3v) is 7.03. The van der Waals surface area contributed by atoms with Gasteiger partial charge in [-0.15, -0.1) is 0 Å². The molecule has 0 aromatic heterocycles. The van der Waals surface area contributed by atoms with Crippen molar-refractivity contribution < 1.29 is 5.11 Å². The molecule has 4 saturated carbocycles. The Kier molecular flexibility index (Phi) is 2.82. The van der Waals surface area contributed by atoms with E-state index in [1.165, 1.54) is 43.2 Å². The molecule has 1 nitrogen and oxygen atoms in total. The second kappa shape index (κ2) is 4.70. The average molecular weight is 304 g/mol. The molecule has 4 fully saturated rings. The molecule has 2 aromatic carbocycles. The van der Waals surface area contributed by atoms with Gasteiger partial charge >= 0.3 is 0 Å². The summed E-state index contributed by atoms with van der Waals surface area (Å²) in [5, 5.41) is 10.7. The monoisotopic (exact) mass is 304 g/mol. The number of rotatable bonds is 2. The van der Waals surface area contributed by atoms with Gasteiger partial charge in [-0.25, -0.2) is 0 Å². The molecule has 0 aliphatic heterocycles. The van der Waals surface area contributed by atoms with Crippen LogP contribution in [0.15, 0.2) is 60.7 Å². The molecule has 1 N–H and O–H groups in total. The molecule has 0 atom stereocenters. The molecular formula is C22H24O. The Labute approximate surface area is 138 Å². The molecule has 0 heterocycles. The normalized spacial score (nSPS) is 41.2. The van der Waals surface area contributed by atoms with Gasteiger partial charge in [0.2, 0.25) is 0 Å². The maximum atomic E-state index is 10.7.